The number of hydrogen-bond acceptors (Lipinski definition) is 2. The smallest absolute Gasteiger partial charge is 0.162 e. The molecule has 0 aliphatic rings. The van der Waals surface area contributed by atoms with Gasteiger partial charge in [0.25, 0.3) is 0 Å². The van der Waals surface area contributed by atoms with E-state index < -0.39 is 17.7 Å². The number of ether oxygens (including phenoxy) is 1. The Kier molecular flexibility index (Phi) is 5.51. The van der Waals surface area contributed by atoms with Crippen LogP contribution in [0.15, 0.2) is 18.2 Å². The molecule has 1 N–H and O–H groups in total. The van der Waals surface area contributed by atoms with E-state index in [1.165, 1.54) is 12.1 Å². The third-order valence-electron chi connectivity index (χ3n) is 2.80. The lowest BCUT2D eigenvalue weighted by Gasteiger charge is -2.14. The number of benzene rings is 1. The number of aliphatic hydroxyl groups excluding tert-OH is 1. The van der Waals surface area contributed by atoms with Gasteiger partial charge < -0.3 is 9.84 Å². The summed E-state index contributed by atoms with van der Waals surface area (Å²) in [5, 5.41) is 9.72. The molecule has 4 heteroatoms. The van der Waals surface area contributed by atoms with Gasteiger partial charge in [-0.2, -0.15) is 0 Å². The van der Waals surface area contributed by atoms with Crippen molar-refractivity contribution in [3.8, 4) is 0 Å². The highest BCUT2D eigenvalue weighted by Crippen LogP contribution is 2.15. The second kappa shape index (κ2) is 6.67. The van der Waals surface area contributed by atoms with Crippen molar-refractivity contribution in [1.29, 1.82) is 0 Å². The number of hydrogen-bond donors (Lipinski definition) is 1. The summed E-state index contributed by atoms with van der Waals surface area (Å²) in [6.45, 7) is 1.90. The van der Waals surface area contributed by atoms with E-state index in [-0.39, 0.29) is 18.1 Å². The minimum Gasteiger partial charge on any atom is -0.393 e. The second-order valence-electron chi connectivity index (χ2n) is 4.19. The first-order chi connectivity index (χ1) is 8.04. The van der Waals surface area contributed by atoms with E-state index >= 15 is 0 Å². The summed E-state index contributed by atoms with van der Waals surface area (Å²) in [7, 11) is 1.60. The average Bonchev–Trinajstić information content (AvgIpc) is 2.32. The average molecular weight is 244 g/mol. The van der Waals surface area contributed by atoms with Gasteiger partial charge in [0, 0.05) is 13.5 Å². The van der Waals surface area contributed by atoms with E-state index in [2.05, 4.69) is 0 Å². The van der Waals surface area contributed by atoms with Crippen LogP contribution >= 0.6 is 0 Å². The van der Waals surface area contributed by atoms with E-state index in [1.807, 2.05) is 6.92 Å². The minimum absolute atomic E-state index is 0.0574. The quantitative estimate of drug-likeness (QED) is 0.833. The van der Waals surface area contributed by atoms with Gasteiger partial charge in [-0.25, -0.2) is 8.78 Å². The molecule has 0 radical (unpaired) electrons. The Morgan fingerprint density at radius 2 is 2.00 bits per heavy atom. The predicted octanol–water partition coefficient (Wildman–Crippen LogP) is 2.68. The first kappa shape index (κ1) is 14.1. The summed E-state index contributed by atoms with van der Waals surface area (Å²) in [5.74, 6) is -1.74. The van der Waals surface area contributed by atoms with E-state index in [4.69, 9.17) is 4.74 Å². The van der Waals surface area contributed by atoms with Crippen LogP contribution in [-0.4, -0.2) is 24.4 Å². The summed E-state index contributed by atoms with van der Waals surface area (Å²) in [6, 6.07) is 4.00. The van der Waals surface area contributed by atoms with Crippen LogP contribution in [0.2, 0.25) is 0 Å². The third-order valence-corrected chi connectivity index (χ3v) is 2.80. The van der Waals surface area contributed by atoms with Crippen molar-refractivity contribution in [2.24, 2.45) is 0 Å². The zero-order valence-corrected chi connectivity index (χ0v) is 10.1. The third kappa shape index (κ3) is 4.40. The van der Waals surface area contributed by atoms with Crippen LogP contribution in [0, 0.1) is 11.6 Å². The zero-order valence-electron chi connectivity index (χ0n) is 10.1. The molecule has 0 aliphatic heterocycles. The normalized spacial score (nSPS) is 14.6. The maximum absolute atomic E-state index is 13.3. The predicted molar refractivity (Wildman–Crippen MR) is 61.8 cm³/mol. The van der Waals surface area contributed by atoms with Crippen molar-refractivity contribution in [2.75, 3.05) is 7.11 Å². The van der Waals surface area contributed by atoms with Gasteiger partial charge >= 0.3 is 0 Å². The monoisotopic (exact) mass is 244 g/mol. The number of methoxy groups -OCH3 is 1. The topological polar surface area (TPSA) is 29.5 Å². The first-order valence-corrected chi connectivity index (χ1v) is 5.68. The summed E-state index contributed by atoms with van der Waals surface area (Å²) in [6.07, 6.45) is 0.700. The lowest BCUT2D eigenvalue weighted by molar-refractivity contribution is 0.0849. The van der Waals surface area contributed by atoms with Crippen LogP contribution in [0.1, 0.15) is 25.3 Å². The molecule has 2 unspecified atom stereocenters. The summed E-state index contributed by atoms with van der Waals surface area (Å²) in [5.41, 5.74) is 0.211. The Labute approximate surface area is 100 Å². The van der Waals surface area contributed by atoms with Gasteiger partial charge in [-0.1, -0.05) is 12.1 Å². The van der Waals surface area contributed by atoms with Gasteiger partial charge in [0.1, 0.15) is 0 Å². The SMILES string of the molecule is COC(C)CCC(O)Cc1cccc(F)c1F. The minimum atomic E-state index is -0.875. The summed E-state index contributed by atoms with van der Waals surface area (Å²) < 4.78 is 31.3. The highest BCUT2D eigenvalue weighted by molar-refractivity contribution is 5.19. The highest BCUT2D eigenvalue weighted by Gasteiger charge is 2.13. The number of halogens is 2. The molecule has 1 aromatic carbocycles. The molecule has 2 nitrogen and oxygen atoms in total. The molecule has 0 aliphatic carbocycles. The molecule has 17 heavy (non-hydrogen) atoms. The van der Waals surface area contributed by atoms with Crippen molar-refractivity contribution in [1.82, 2.24) is 0 Å². The fraction of sp³-hybridized carbons (Fsp3) is 0.538. The van der Waals surface area contributed by atoms with E-state index in [0.717, 1.165) is 6.07 Å². The van der Waals surface area contributed by atoms with Crippen LogP contribution in [0.5, 0.6) is 0 Å². The Morgan fingerprint density at radius 3 is 2.65 bits per heavy atom. The molecule has 0 aromatic heterocycles. The van der Waals surface area contributed by atoms with E-state index in [9.17, 15) is 13.9 Å². The standard InChI is InChI=1S/C13H18F2O2/c1-9(17-2)6-7-11(16)8-10-4-3-5-12(14)13(10)15/h3-5,9,11,16H,6-8H2,1-2H3. The number of aliphatic hydroxyl groups is 1. The van der Waals surface area contributed by atoms with Gasteiger partial charge in [-0.15, -0.1) is 0 Å². The van der Waals surface area contributed by atoms with Crippen molar-refractivity contribution < 1.29 is 18.6 Å². The van der Waals surface area contributed by atoms with Crippen molar-refractivity contribution in [3.05, 3.63) is 35.4 Å². The van der Waals surface area contributed by atoms with E-state index in [0.29, 0.717) is 12.8 Å². The molecule has 2 atom stereocenters. The van der Waals surface area contributed by atoms with Gasteiger partial charge in [-0.3, -0.25) is 0 Å². The van der Waals surface area contributed by atoms with Crippen LogP contribution in [0.4, 0.5) is 8.78 Å². The second-order valence-corrected chi connectivity index (χ2v) is 4.19. The maximum Gasteiger partial charge on any atom is 0.162 e. The molecular weight excluding hydrogens is 226 g/mol. The Bertz CT molecular complexity index is 355. The fourth-order valence-corrected chi connectivity index (χ4v) is 1.61. The molecule has 0 amide bonds. The van der Waals surface area contributed by atoms with Gasteiger partial charge in [0.05, 0.1) is 12.2 Å². The molecule has 1 aromatic rings. The van der Waals surface area contributed by atoms with Crippen molar-refractivity contribution in [3.63, 3.8) is 0 Å². The van der Waals surface area contributed by atoms with Gasteiger partial charge in [0.2, 0.25) is 0 Å². The summed E-state index contributed by atoms with van der Waals surface area (Å²) >= 11 is 0. The largest absolute Gasteiger partial charge is 0.393 e. The lowest BCUT2D eigenvalue weighted by Crippen LogP contribution is -2.15. The van der Waals surface area contributed by atoms with Crippen molar-refractivity contribution in [2.45, 2.75) is 38.4 Å². The molecule has 96 valence electrons. The van der Waals surface area contributed by atoms with Crippen LogP contribution < -0.4 is 0 Å². The Morgan fingerprint density at radius 1 is 1.29 bits per heavy atom. The molecule has 0 saturated heterocycles. The molecular formula is C13H18F2O2. The van der Waals surface area contributed by atoms with Crippen LogP contribution in [0.3, 0.4) is 0 Å². The molecule has 0 heterocycles. The van der Waals surface area contributed by atoms with Crippen LogP contribution in [0.25, 0.3) is 0 Å². The molecule has 0 spiro atoms. The Hall–Kier alpha value is -1.00. The molecule has 1 rings (SSSR count). The fourth-order valence-electron chi connectivity index (χ4n) is 1.61. The lowest BCUT2D eigenvalue weighted by atomic mass is 10.0. The van der Waals surface area contributed by atoms with Crippen molar-refractivity contribution >= 4 is 0 Å². The molecule has 0 fully saturated rings. The Balaban J connectivity index is 2.50. The number of rotatable bonds is 6. The van der Waals surface area contributed by atoms with E-state index in [1.54, 1.807) is 7.11 Å². The summed E-state index contributed by atoms with van der Waals surface area (Å²) in [4.78, 5) is 0. The van der Waals surface area contributed by atoms with Gasteiger partial charge in [0.15, 0.2) is 11.6 Å². The van der Waals surface area contributed by atoms with Gasteiger partial charge in [-0.05, 0) is 31.4 Å². The van der Waals surface area contributed by atoms with Crippen LogP contribution in [-0.2, 0) is 11.2 Å². The zero-order chi connectivity index (χ0) is 12.8. The maximum atomic E-state index is 13.3. The first-order valence-electron chi connectivity index (χ1n) is 5.68. The molecule has 0 saturated carbocycles. The molecule has 0 bridgehead atoms. The highest BCUT2D eigenvalue weighted by atomic mass is 19.2.